The highest BCUT2D eigenvalue weighted by molar-refractivity contribution is 7.86. The van der Waals surface area contributed by atoms with Gasteiger partial charge in [0.15, 0.2) is 0 Å². The number of halogens is 3. The Morgan fingerprint density at radius 3 is 1.72 bits per heavy atom. The molecular weight excluding hydrogens is 385 g/mol. The molecule has 0 amide bonds. The van der Waals surface area contributed by atoms with Crippen LogP contribution in [0, 0.1) is 5.82 Å². The quantitative estimate of drug-likeness (QED) is 0.767. The third-order valence-corrected chi connectivity index (χ3v) is 4.28. The van der Waals surface area contributed by atoms with Crippen molar-refractivity contribution in [3.8, 4) is 0 Å². The Balaban J connectivity index is 0.000000251. The Kier molecular flexibility index (Phi) is 6.71. The summed E-state index contributed by atoms with van der Waals surface area (Å²) in [5, 5.41) is -4.24. The molecule has 0 heterocycles. The summed E-state index contributed by atoms with van der Waals surface area (Å²) >= 11 is 0. The van der Waals surface area contributed by atoms with E-state index in [2.05, 4.69) is 0 Å². The summed E-state index contributed by atoms with van der Waals surface area (Å²) in [6, 6.07) is 10.7. The molecule has 25 heavy (non-hydrogen) atoms. The third-order valence-electron chi connectivity index (χ3n) is 2.70. The van der Waals surface area contributed by atoms with Crippen molar-refractivity contribution in [2.75, 3.05) is 0 Å². The summed E-state index contributed by atoms with van der Waals surface area (Å²) < 4.78 is 95.8. The Morgan fingerprint density at radius 1 is 0.840 bits per heavy atom. The summed E-state index contributed by atoms with van der Waals surface area (Å²) in [5.41, 5.74) is -0.392. The fourth-order valence-corrected chi connectivity index (χ4v) is 2.62. The average molecular weight is 398 g/mol. The van der Waals surface area contributed by atoms with Crippen LogP contribution in [0.2, 0.25) is 0 Å². The summed E-state index contributed by atoms with van der Waals surface area (Å²) in [6.45, 7) is 0. The molecule has 0 aliphatic heterocycles. The molecule has 0 spiro atoms. The normalized spacial score (nSPS) is 12.2. The first-order valence-corrected chi connectivity index (χ1v) is 9.48. The topological polar surface area (TPSA) is 109 Å². The van der Waals surface area contributed by atoms with Crippen molar-refractivity contribution in [2.45, 2.75) is 11.0 Å². The van der Waals surface area contributed by atoms with Gasteiger partial charge in [-0.05, 0) is 17.7 Å². The number of alkyl halides is 2. The van der Waals surface area contributed by atoms with Gasteiger partial charge in [0.25, 0.3) is 10.1 Å². The zero-order valence-corrected chi connectivity index (χ0v) is 14.0. The SMILES string of the molecule is O=S(=O)(O)C(F)(F)c1ccccc1.O=S(=O)(O)Cc1ccc(F)cc1. The van der Waals surface area contributed by atoms with Gasteiger partial charge in [-0.2, -0.15) is 25.6 Å². The molecule has 2 N–H and O–H groups in total. The van der Waals surface area contributed by atoms with Crippen molar-refractivity contribution in [3.63, 3.8) is 0 Å². The lowest BCUT2D eigenvalue weighted by atomic mass is 10.2. The fraction of sp³-hybridized carbons (Fsp3) is 0.143. The molecule has 0 radical (unpaired) electrons. The highest BCUT2D eigenvalue weighted by Gasteiger charge is 2.45. The first-order chi connectivity index (χ1) is 11.3. The lowest BCUT2D eigenvalue weighted by molar-refractivity contribution is 0.0790. The first-order valence-electron chi connectivity index (χ1n) is 6.43. The molecule has 0 aliphatic carbocycles. The van der Waals surface area contributed by atoms with Crippen LogP contribution in [-0.2, 0) is 31.2 Å². The molecule has 0 aliphatic rings. The van der Waals surface area contributed by atoms with Crippen molar-refractivity contribution < 1.29 is 39.1 Å². The van der Waals surface area contributed by atoms with Gasteiger partial charge >= 0.3 is 15.4 Å². The van der Waals surface area contributed by atoms with Crippen LogP contribution >= 0.6 is 0 Å². The Hall–Kier alpha value is -1.95. The van der Waals surface area contributed by atoms with E-state index in [9.17, 15) is 30.0 Å². The average Bonchev–Trinajstić information content (AvgIpc) is 2.49. The molecule has 0 saturated carbocycles. The molecule has 138 valence electrons. The molecule has 11 heteroatoms. The van der Waals surface area contributed by atoms with E-state index in [1.54, 1.807) is 0 Å². The Morgan fingerprint density at radius 2 is 1.32 bits per heavy atom. The van der Waals surface area contributed by atoms with Gasteiger partial charge in [0.2, 0.25) is 0 Å². The van der Waals surface area contributed by atoms with Crippen molar-refractivity contribution in [1.29, 1.82) is 0 Å². The molecule has 0 atom stereocenters. The fourth-order valence-electron chi connectivity index (χ4n) is 1.57. The van der Waals surface area contributed by atoms with Crippen LogP contribution in [0.5, 0.6) is 0 Å². The van der Waals surface area contributed by atoms with Crippen LogP contribution in [-0.4, -0.2) is 25.9 Å². The van der Waals surface area contributed by atoms with E-state index in [1.807, 2.05) is 0 Å². The molecule has 2 rings (SSSR count). The van der Waals surface area contributed by atoms with E-state index in [0.717, 1.165) is 24.3 Å². The second kappa shape index (κ2) is 7.95. The molecule has 0 fully saturated rings. The minimum atomic E-state index is -5.39. The van der Waals surface area contributed by atoms with E-state index in [1.165, 1.54) is 30.3 Å². The minimum Gasteiger partial charge on any atom is -0.285 e. The number of hydrogen-bond donors (Lipinski definition) is 2. The minimum absolute atomic E-state index is 0.360. The van der Waals surface area contributed by atoms with Crippen LogP contribution < -0.4 is 0 Å². The van der Waals surface area contributed by atoms with Crippen molar-refractivity contribution in [1.82, 2.24) is 0 Å². The Bertz CT molecular complexity index is 895. The highest BCUT2D eigenvalue weighted by atomic mass is 32.2. The predicted molar refractivity (Wildman–Crippen MR) is 83.5 cm³/mol. The van der Waals surface area contributed by atoms with Crippen molar-refractivity contribution >= 4 is 20.2 Å². The zero-order valence-electron chi connectivity index (χ0n) is 12.4. The first kappa shape index (κ1) is 21.1. The monoisotopic (exact) mass is 398 g/mol. The molecule has 2 aromatic carbocycles. The van der Waals surface area contributed by atoms with Gasteiger partial charge in [-0.25, -0.2) is 4.39 Å². The molecule has 0 unspecified atom stereocenters. The van der Waals surface area contributed by atoms with Crippen LogP contribution in [0.3, 0.4) is 0 Å². The van der Waals surface area contributed by atoms with E-state index in [0.29, 0.717) is 5.56 Å². The summed E-state index contributed by atoms with van der Waals surface area (Å²) in [7, 11) is -9.40. The largest absolute Gasteiger partial charge is 0.395 e. The lowest BCUT2D eigenvalue weighted by Crippen LogP contribution is -2.25. The maximum Gasteiger partial charge on any atom is 0.395 e. The molecule has 0 saturated heterocycles. The standard InChI is InChI=1S/C7H6F2O3S.C7H7FO3S/c8-7(9,13(10,11)12)6-4-2-1-3-5-6;8-7-3-1-6(2-4-7)5-12(9,10)11/h1-5H,(H,10,11,12);1-4H,5H2,(H,9,10,11). The second-order valence-corrected chi connectivity index (χ2v) is 7.63. The molecule has 0 bridgehead atoms. The van der Waals surface area contributed by atoms with Gasteiger partial charge in [0, 0.05) is 5.56 Å². The highest BCUT2D eigenvalue weighted by Crippen LogP contribution is 2.32. The van der Waals surface area contributed by atoms with Gasteiger partial charge in [0.1, 0.15) is 11.6 Å². The smallest absolute Gasteiger partial charge is 0.285 e. The predicted octanol–water partition coefficient (Wildman–Crippen LogP) is 2.84. The second-order valence-electron chi connectivity index (χ2n) is 4.71. The molecular formula is C14H13F3O6S2. The molecule has 6 nitrogen and oxygen atoms in total. The molecule has 2 aromatic rings. The lowest BCUT2D eigenvalue weighted by Gasteiger charge is -2.12. The van der Waals surface area contributed by atoms with E-state index in [-0.39, 0.29) is 0 Å². The summed E-state index contributed by atoms with van der Waals surface area (Å²) in [5.74, 6) is -0.915. The maximum absolute atomic E-state index is 12.8. The Labute approximate surface area is 142 Å². The van der Waals surface area contributed by atoms with Crippen molar-refractivity contribution in [3.05, 3.63) is 71.5 Å². The third kappa shape index (κ3) is 6.82. The van der Waals surface area contributed by atoms with Crippen molar-refractivity contribution in [2.24, 2.45) is 0 Å². The van der Waals surface area contributed by atoms with Gasteiger partial charge in [0.05, 0.1) is 0 Å². The van der Waals surface area contributed by atoms with E-state index >= 15 is 0 Å². The number of rotatable bonds is 4. The van der Waals surface area contributed by atoms with E-state index < -0.39 is 42.6 Å². The summed E-state index contributed by atoms with van der Waals surface area (Å²) in [4.78, 5) is 0. The maximum atomic E-state index is 12.8. The van der Waals surface area contributed by atoms with Gasteiger partial charge in [-0.15, -0.1) is 0 Å². The molecule has 0 aromatic heterocycles. The van der Waals surface area contributed by atoms with Gasteiger partial charge in [-0.1, -0.05) is 42.5 Å². The zero-order chi connectivity index (χ0) is 19.3. The van der Waals surface area contributed by atoms with Crippen LogP contribution in [0.4, 0.5) is 13.2 Å². The van der Waals surface area contributed by atoms with Gasteiger partial charge < -0.3 is 0 Å². The summed E-state index contributed by atoms with van der Waals surface area (Å²) in [6.07, 6.45) is 0. The van der Waals surface area contributed by atoms with Crippen LogP contribution in [0.25, 0.3) is 0 Å². The van der Waals surface area contributed by atoms with Crippen LogP contribution in [0.15, 0.2) is 54.6 Å². The van der Waals surface area contributed by atoms with Crippen LogP contribution in [0.1, 0.15) is 11.1 Å². The van der Waals surface area contributed by atoms with Gasteiger partial charge in [-0.3, -0.25) is 9.11 Å². The number of hydrogen-bond acceptors (Lipinski definition) is 4. The number of benzene rings is 2. The van der Waals surface area contributed by atoms with E-state index in [4.69, 9.17) is 9.11 Å².